The van der Waals surface area contributed by atoms with Gasteiger partial charge in [0.2, 0.25) is 5.91 Å². The van der Waals surface area contributed by atoms with E-state index in [4.69, 9.17) is 15.9 Å². The van der Waals surface area contributed by atoms with Crippen LogP contribution in [0.3, 0.4) is 0 Å². The zero-order valence-electron chi connectivity index (χ0n) is 8.47. The highest BCUT2D eigenvalue weighted by Crippen LogP contribution is 1.87. The summed E-state index contributed by atoms with van der Waals surface area (Å²) < 4.78 is 4.52. The van der Waals surface area contributed by atoms with Crippen molar-refractivity contribution < 1.29 is 24.5 Å². The molecule has 0 rings (SSSR count). The van der Waals surface area contributed by atoms with Crippen molar-refractivity contribution in [3.63, 3.8) is 0 Å². The van der Waals surface area contributed by atoms with Crippen LogP contribution in [-0.4, -0.2) is 54.0 Å². The van der Waals surface area contributed by atoms with Crippen LogP contribution < -0.4 is 11.1 Å². The Morgan fingerprint density at radius 1 is 1.53 bits per heavy atom. The number of amides is 1. The number of rotatable bonds is 6. The van der Waals surface area contributed by atoms with E-state index < -0.39 is 30.6 Å². The highest BCUT2D eigenvalue weighted by atomic mass is 16.5. The van der Waals surface area contributed by atoms with Crippen LogP contribution in [0.15, 0.2) is 0 Å². The number of aliphatic hydroxyl groups is 2. The first kappa shape index (κ1) is 13.8. The topological polar surface area (TPSA) is 122 Å². The van der Waals surface area contributed by atoms with E-state index in [1.54, 1.807) is 6.92 Å². The molecule has 0 aromatic heterocycles. The molecule has 0 radical (unpaired) electrons. The lowest BCUT2D eigenvalue weighted by Gasteiger charge is -2.12. The Balaban J connectivity index is 3.93. The molecule has 2 unspecified atom stereocenters. The van der Waals surface area contributed by atoms with Crippen molar-refractivity contribution >= 4 is 11.9 Å². The summed E-state index contributed by atoms with van der Waals surface area (Å²) >= 11 is 0. The van der Waals surface area contributed by atoms with E-state index in [1.165, 1.54) is 0 Å². The number of hydrogen-bond acceptors (Lipinski definition) is 6. The number of aliphatic hydroxyl groups excluding tert-OH is 2. The SMILES string of the molecule is CCOC(=O)C(N)C(=O)NCC(O)CO. The van der Waals surface area contributed by atoms with E-state index >= 15 is 0 Å². The van der Waals surface area contributed by atoms with Crippen LogP contribution in [-0.2, 0) is 14.3 Å². The lowest BCUT2D eigenvalue weighted by molar-refractivity contribution is -0.148. The van der Waals surface area contributed by atoms with Crippen molar-refractivity contribution in [2.24, 2.45) is 5.73 Å². The van der Waals surface area contributed by atoms with Crippen molar-refractivity contribution in [2.45, 2.75) is 19.1 Å². The molecule has 1 amide bonds. The predicted octanol–water partition coefficient (Wildman–Crippen LogP) is -2.65. The number of esters is 1. The number of nitrogens with two attached hydrogens (primary N) is 1. The van der Waals surface area contributed by atoms with Crippen LogP contribution in [0, 0.1) is 0 Å². The molecule has 88 valence electrons. The molecule has 0 saturated carbocycles. The Morgan fingerprint density at radius 2 is 2.13 bits per heavy atom. The van der Waals surface area contributed by atoms with Gasteiger partial charge in [0.25, 0.3) is 0 Å². The maximum atomic E-state index is 11.1. The molecule has 7 nitrogen and oxygen atoms in total. The van der Waals surface area contributed by atoms with E-state index in [-0.39, 0.29) is 13.2 Å². The summed E-state index contributed by atoms with van der Waals surface area (Å²) in [4.78, 5) is 22.1. The van der Waals surface area contributed by atoms with Crippen molar-refractivity contribution in [2.75, 3.05) is 19.8 Å². The van der Waals surface area contributed by atoms with E-state index in [0.29, 0.717) is 0 Å². The van der Waals surface area contributed by atoms with Gasteiger partial charge in [-0.1, -0.05) is 0 Å². The lowest BCUT2D eigenvalue weighted by atomic mass is 10.3. The monoisotopic (exact) mass is 220 g/mol. The highest BCUT2D eigenvalue weighted by molar-refractivity contribution is 6.01. The molecule has 0 saturated heterocycles. The smallest absolute Gasteiger partial charge is 0.332 e. The summed E-state index contributed by atoms with van der Waals surface area (Å²) in [7, 11) is 0. The van der Waals surface area contributed by atoms with Crippen molar-refractivity contribution in [1.82, 2.24) is 5.32 Å². The minimum Gasteiger partial charge on any atom is -0.464 e. The average molecular weight is 220 g/mol. The van der Waals surface area contributed by atoms with Gasteiger partial charge in [-0.15, -0.1) is 0 Å². The second kappa shape index (κ2) is 7.16. The zero-order valence-corrected chi connectivity index (χ0v) is 8.47. The average Bonchev–Trinajstić information content (AvgIpc) is 2.24. The van der Waals surface area contributed by atoms with Gasteiger partial charge >= 0.3 is 5.97 Å². The Morgan fingerprint density at radius 3 is 2.60 bits per heavy atom. The number of nitrogens with one attached hydrogen (secondary N) is 1. The molecule has 0 heterocycles. The molecule has 0 aliphatic rings. The van der Waals surface area contributed by atoms with E-state index in [1.807, 2.05) is 0 Å². The van der Waals surface area contributed by atoms with Gasteiger partial charge in [0.15, 0.2) is 6.04 Å². The Bertz CT molecular complexity index is 221. The third-order valence-corrected chi connectivity index (χ3v) is 1.55. The third kappa shape index (κ3) is 5.31. The zero-order chi connectivity index (χ0) is 11.8. The van der Waals surface area contributed by atoms with Crippen molar-refractivity contribution in [3.8, 4) is 0 Å². The van der Waals surface area contributed by atoms with Crippen LogP contribution in [0.4, 0.5) is 0 Å². The van der Waals surface area contributed by atoms with Crippen LogP contribution in [0.25, 0.3) is 0 Å². The van der Waals surface area contributed by atoms with Gasteiger partial charge < -0.3 is 26.0 Å². The summed E-state index contributed by atoms with van der Waals surface area (Å²) in [5.41, 5.74) is 5.24. The van der Waals surface area contributed by atoms with Gasteiger partial charge in [-0.25, -0.2) is 4.79 Å². The van der Waals surface area contributed by atoms with Gasteiger partial charge in [0.05, 0.1) is 19.3 Å². The van der Waals surface area contributed by atoms with Gasteiger partial charge in [0.1, 0.15) is 0 Å². The third-order valence-electron chi connectivity index (χ3n) is 1.55. The number of hydrogen-bond donors (Lipinski definition) is 4. The standard InChI is InChI=1S/C8H16N2O5/c1-2-15-8(14)6(9)7(13)10-3-5(12)4-11/h5-6,11-12H,2-4,9H2,1H3,(H,10,13). The van der Waals surface area contributed by atoms with E-state index in [2.05, 4.69) is 10.1 Å². The molecular weight excluding hydrogens is 204 g/mol. The minimum atomic E-state index is -1.41. The fraction of sp³-hybridized carbons (Fsp3) is 0.750. The molecule has 0 bridgehead atoms. The van der Waals surface area contributed by atoms with Gasteiger partial charge in [-0.05, 0) is 6.92 Å². The van der Waals surface area contributed by atoms with Gasteiger partial charge in [-0.3, -0.25) is 4.79 Å². The number of carbonyl (C=O) groups is 2. The van der Waals surface area contributed by atoms with Crippen molar-refractivity contribution in [3.05, 3.63) is 0 Å². The summed E-state index contributed by atoms with van der Waals surface area (Å²) in [6, 6.07) is -1.41. The largest absolute Gasteiger partial charge is 0.464 e. The fourth-order valence-corrected chi connectivity index (χ4v) is 0.732. The maximum absolute atomic E-state index is 11.1. The second-order valence-electron chi connectivity index (χ2n) is 2.81. The summed E-state index contributed by atoms with van der Waals surface area (Å²) in [6.07, 6.45) is -1.07. The molecule has 0 spiro atoms. The molecule has 0 aromatic carbocycles. The molecule has 7 heteroatoms. The summed E-state index contributed by atoms with van der Waals surface area (Å²) in [6.45, 7) is 1.09. The molecular formula is C8H16N2O5. The molecule has 5 N–H and O–H groups in total. The predicted molar refractivity (Wildman–Crippen MR) is 50.7 cm³/mol. The number of ether oxygens (including phenoxy) is 1. The highest BCUT2D eigenvalue weighted by Gasteiger charge is 2.23. The second-order valence-corrected chi connectivity index (χ2v) is 2.81. The number of carbonyl (C=O) groups excluding carboxylic acids is 2. The molecule has 15 heavy (non-hydrogen) atoms. The maximum Gasteiger partial charge on any atom is 0.332 e. The van der Waals surface area contributed by atoms with E-state index in [0.717, 1.165) is 0 Å². The van der Waals surface area contributed by atoms with Crippen LogP contribution in [0.5, 0.6) is 0 Å². The summed E-state index contributed by atoms with van der Waals surface area (Å²) in [5.74, 6) is -1.57. The molecule has 0 aliphatic carbocycles. The van der Waals surface area contributed by atoms with Gasteiger partial charge in [-0.2, -0.15) is 0 Å². The molecule has 2 atom stereocenters. The molecule has 0 fully saturated rings. The Hall–Kier alpha value is -1.18. The van der Waals surface area contributed by atoms with Gasteiger partial charge in [0, 0.05) is 6.54 Å². The lowest BCUT2D eigenvalue weighted by Crippen LogP contribution is -2.48. The normalized spacial score (nSPS) is 14.1. The first-order chi connectivity index (χ1) is 7.02. The Labute approximate surface area is 87.2 Å². The fourth-order valence-electron chi connectivity index (χ4n) is 0.732. The molecule has 0 aromatic rings. The summed E-state index contributed by atoms with van der Waals surface area (Å²) in [5, 5.41) is 19.6. The first-order valence-corrected chi connectivity index (χ1v) is 4.51. The van der Waals surface area contributed by atoms with Crippen molar-refractivity contribution in [1.29, 1.82) is 0 Å². The van der Waals surface area contributed by atoms with Crippen LogP contribution >= 0.6 is 0 Å². The first-order valence-electron chi connectivity index (χ1n) is 4.51. The van der Waals surface area contributed by atoms with Crippen LogP contribution in [0.1, 0.15) is 6.92 Å². The minimum absolute atomic E-state index is 0.138. The Kier molecular flexibility index (Phi) is 6.59. The van der Waals surface area contributed by atoms with E-state index in [9.17, 15) is 9.59 Å². The van der Waals surface area contributed by atoms with Crippen LogP contribution in [0.2, 0.25) is 0 Å². The quantitative estimate of drug-likeness (QED) is 0.286. The molecule has 0 aliphatic heterocycles.